The fourth-order valence-electron chi connectivity index (χ4n) is 3.46. The molecule has 0 aliphatic heterocycles. The molecule has 0 radical (unpaired) electrons. The highest BCUT2D eigenvalue weighted by Gasteiger charge is 2.67. The van der Waals surface area contributed by atoms with E-state index in [0.29, 0.717) is 5.56 Å². The van der Waals surface area contributed by atoms with E-state index in [1.54, 1.807) is 0 Å². The zero-order chi connectivity index (χ0) is 24.7. The maximum Gasteiger partial charge on any atom is 0.389 e. The molecule has 0 spiro atoms. The lowest BCUT2D eigenvalue weighted by Gasteiger charge is -2.14. The van der Waals surface area contributed by atoms with Crippen molar-refractivity contribution in [1.29, 1.82) is 0 Å². The SMILES string of the molecule is COc1c(Cl)cc(NC(=O)C2C(c3ccc(F)c(Cl)c3)C2(Cl)Cl)cc1C(=O)CCC(F)(F)F. The Kier molecular flexibility index (Phi) is 7.44. The van der Waals surface area contributed by atoms with Crippen LogP contribution < -0.4 is 10.1 Å². The van der Waals surface area contributed by atoms with Crippen LogP contribution in [0.3, 0.4) is 0 Å². The van der Waals surface area contributed by atoms with Crippen molar-refractivity contribution >= 4 is 63.8 Å². The summed E-state index contributed by atoms with van der Waals surface area (Å²) in [5.41, 5.74) is 0.264. The Labute approximate surface area is 206 Å². The maximum atomic E-state index is 13.5. The second-order valence-corrected chi connectivity index (χ2v) is 9.63. The molecule has 3 rings (SSSR count). The van der Waals surface area contributed by atoms with Gasteiger partial charge in [-0.1, -0.05) is 29.3 Å². The van der Waals surface area contributed by atoms with E-state index in [2.05, 4.69) is 5.32 Å². The topological polar surface area (TPSA) is 55.4 Å². The number of alkyl halides is 5. The van der Waals surface area contributed by atoms with Crippen LogP contribution in [0.1, 0.15) is 34.7 Å². The lowest BCUT2D eigenvalue weighted by atomic mass is 10.0. The van der Waals surface area contributed by atoms with Gasteiger partial charge in [0, 0.05) is 18.0 Å². The highest BCUT2D eigenvalue weighted by Crippen LogP contribution is 2.65. The van der Waals surface area contributed by atoms with Crippen molar-refractivity contribution in [2.45, 2.75) is 29.3 Å². The predicted octanol–water partition coefficient (Wildman–Crippen LogP) is 7.19. The number of rotatable bonds is 7. The predicted molar refractivity (Wildman–Crippen MR) is 118 cm³/mol. The molecule has 2 aromatic carbocycles. The van der Waals surface area contributed by atoms with Crippen molar-refractivity contribution in [1.82, 2.24) is 0 Å². The van der Waals surface area contributed by atoms with Crippen LogP contribution in [0.25, 0.3) is 0 Å². The molecule has 33 heavy (non-hydrogen) atoms. The molecule has 1 N–H and O–H groups in total. The van der Waals surface area contributed by atoms with Gasteiger partial charge < -0.3 is 10.1 Å². The standard InChI is InChI=1S/C21H15Cl4F4NO3/c1-33-18-11(15(31)4-5-20(27,28)29)7-10(8-13(18)23)30-19(32)17-16(21(17,24)25)9-2-3-14(26)12(22)6-9/h2-3,6-8,16-17H,4-5H2,1H3,(H,30,32). The molecule has 1 aliphatic rings. The molecular weight excluding hydrogens is 532 g/mol. The van der Waals surface area contributed by atoms with Gasteiger partial charge >= 0.3 is 6.18 Å². The Bertz CT molecular complexity index is 1110. The van der Waals surface area contributed by atoms with E-state index in [1.165, 1.54) is 25.3 Å². The van der Waals surface area contributed by atoms with E-state index in [-0.39, 0.29) is 27.0 Å². The summed E-state index contributed by atoms with van der Waals surface area (Å²) in [7, 11) is 1.21. The summed E-state index contributed by atoms with van der Waals surface area (Å²) in [5.74, 6) is -3.91. The number of benzene rings is 2. The summed E-state index contributed by atoms with van der Waals surface area (Å²) in [5, 5.41) is 2.26. The van der Waals surface area contributed by atoms with Crippen LogP contribution in [0.5, 0.6) is 5.75 Å². The number of Topliss-reactive ketones (excluding diaryl/α,β-unsaturated/α-hetero) is 1. The zero-order valence-corrected chi connectivity index (χ0v) is 19.7. The Hall–Kier alpha value is -1.74. The van der Waals surface area contributed by atoms with Crippen molar-refractivity contribution in [3.8, 4) is 5.75 Å². The summed E-state index contributed by atoms with van der Waals surface area (Å²) in [4.78, 5) is 25.2. The van der Waals surface area contributed by atoms with Crippen molar-refractivity contribution in [2.75, 3.05) is 12.4 Å². The Morgan fingerprint density at radius 1 is 1.12 bits per heavy atom. The number of nitrogens with one attached hydrogen (secondary N) is 1. The number of halogens is 8. The summed E-state index contributed by atoms with van der Waals surface area (Å²) in [6, 6.07) is 6.28. The van der Waals surface area contributed by atoms with Gasteiger partial charge in [-0.3, -0.25) is 9.59 Å². The molecule has 12 heteroatoms. The van der Waals surface area contributed by atoms with E-state index >= 15 is 0 Å². The third kappa shape index (κ3) is 5.67. The lowest BCUT2D eigenvalue weighted by Crippen LogP contribution is -2.18. The molecule has 2 aromatic rings. The highest BCUT2D eigenvalue weighted by atomic mass is 35.5. The molecule has 1 amide bonds. The molecule has 2 unspecified atom stereocenters. The Morgan fingerprint density at radius 2 is 1.79 bits per heavy atom. The molecule has 0 bridgehead atoms. The van der Waals surface area contributed by atoms with Gasteiger partial charge in [0.25, 0.3) is 0 Å². The first-order valence-electron chi connectivity index (χ1n) is 9.37. The van der Waals surface area contributed by atoms with Gasteiger partial charge in [-0.15, -0.1) is 23.2 Å². The number of methoxy groups -OCH3 is 1. The first-order chi connectivity index (χ1) is 15.3. The monoisotopic (exact) mass is 545 g/mol. The highest BCUT2D eigenvalue weighted by molar-refractivity contribution is 6.53. The molecule has 178 valence electrons. The summed E-state index contributed by atoms with van der Waals surface area (Å²) < 4.78 is 54.5. The van der Waals surface area contributed by atoms with Gasteiger partial charge in [0.05, 0.1) is 35.1 Å². The van der Waals surface area contributed by atoms with Crippen LogP contribution in [-0.2, 0) is 4.79 Å². The number of ketones is 1. The molecule has 1 fully saturated rings. The molecule has 0 heterocycles. The van der Waals surface area contributed by atoms with Crippen molar-refractivity contribution in [2.24, 2.45) is 5.92 Å². The molecule has 2 atom stereocenters. The number of hydrogen-bond acceptors (Lipinski definition) is 3. The summed E-state index contributed by atoms with van der Waals surface area (Å²) in [6.45, 7) is 0. The molecule has 0 aromatic heterocycles. The Balaban J connectivity index is 1.82. The van der Waals surface area contributed by atoms with Crippen LogP contribution in [0.4, 0.5) is 23.2 Å². The van der Waals surface area contributed by atoms with E-state index in [0.717, 1.165) is 12.1 Å². The summed E-state index contributed by atoms with van der Waals surface area (Å²) >= 11 is 24.4. The fourth-order valence-corrected chi connectivity index (χ4v) is 4.78. The van der Waals surface area contributed by atoms with Crippen molar-refractivity contribution in [3.05, 3.63) is 57.3 Å². The summed E-state index contributed by atoms with van der Waals surface area (Å²) in [6.07, 6.45) is -6.67. The third-order valence-electron chi connectivity index (χ3n) is 5.09. The van der Waals surface area contributed by atoms with Crippen LogP contribution >= 0.6 is 46.4 Å². The van der Waals surface area contributed by atoms with Crippen molar-refractivity contribution in [3.63, 3.8) is 0 Å². The number of amides is 1. The Morgan fingerprint density at radius 3 is 2.36 bits per heavy atom. The van der Waals surface area contributed by atoms with Gasteiger partial charge in [-0.25, -0.2) is 4.39 Å². The molecule has 4 nitrogen and oxygen atoms in total. The van der Waals surface area contributed by atoms with Gasteiger partial charge in [-0.2, -0.15) is 13.2 Å². The first kappa shape index (κ1) is 25.9. The second-order valence-electron chi connectivity index (χ2n) is 7.37. The molecule has 1 saturated carbocycles. The first-order valence-corrected chi connectivity index (χ1v) is 10.9. The smallest absolute Gasteiger partial charge is 0.389 e. The number of carbonyl (C=O) groups excluding carboxylic acids is 2. The van der Waals surface area contributed by atoms with E-state index < -0.39 is 52.7 Å². The van der Waals surface area contributed by atoms with Gasteiger partial charge in [0.15, 0.2) is 5.78 Å². The van der Waals surface area contributed by atoms with Crippen LogP contribution in [0.2, 0.25) is 10.0 Å². The number of hydrogen-bond donors (Lipinski definition) is 1. The number of anilines is 1. The minimum Gasteiger partial charge on any atom is -0.494 e. The molecular formula is C21H15Cl4F4NO3. The molecule has 0 saturated heterocycles. The quantitative estimate of drug-likeness (QED) is 0.227. The van der Waals surface area contributed by atoms with E-state index in [9.17, 15) is 27.2 Å². The lowest BCUT2D eigenvalue weighted by molar-refractivity contribution is -0.133. The second kappa shape index (κ2) is 9.49. The minimum absolute atomic E-state index is 0.0353. The van der Waals surface area contributed by atoms with Gasteiger partial charge in [0.1, 0.15) is 15.9 Å². The van der Waals surface area contributed by atoms with E-state index in [4.69, 9.17) is 51.1 Å². The fraction of sp³-hybridized carbons (Fsp3) is 0.333. The van der Waals surface area contributed by atoms with Gasteiger partial charge in [0.2, 0.25) is 5.91 Å². The van der Waals surface area contributed by atoms with Crippen LogP contribution in [-0.4, -0.2) is 29.3 Å². The zero-order valence-electron chi connectivity index (χ0n) is 16.7. The maximum absolute atomic E-state index is 13.5. The molecule has 1 aliphatic carbocycles. The van der Waals surface area contributed by atoms with Crippen molar-refractivity contribution < 1.29 is 31.9 Å². The van der Waals surface area contributed by atoms with Crippen LogP contribution in [0, 0.1) is 11.7 Å². The number of ether oxygens (including phenoxy) is 1. The normalized spacial score (nSPS) is 19.2. The third-order valence-corrected chi connectivity index (χ3v) is 6.60. The largest absolute Gasteiger partial charge is 0.494 e. The van der Waals surface area contributed by atoms with Gasteiger partial charge in [-0.05, 0) is 29.8 Å². The average molecular weight is 547 g/mol. The minimum atomic E-state index is -4.52. The average Bonchev–Trinajstić information content (AvgIpc) is 3.29. The number of carbonyl (C=O) groups is 2. The van der Waals surface area contributed by atoms with Crippen LogP contribution in [0.15, 0.2) is 30.3 Å². The van der Waals surface area contributed by atoms with E-state index in [1.807, 2.05) is 0 Å².